The van der Waals surface area contributed by atoms with E-state index < -0.39 is 6.04 Å². The van der Waals surface area contributed by atoms with Crippen LogP contribution < -0.4 is 5.32 Å². The third-order valence-electron chi connectivity index (χ3n) is 3.33. The molecule has 0 aromatic heterocycles. The van der Waals surface area contributed by atoms with Gasteiger partial charge in [-0.3, -0.25) is 4.79 Å². The van der Waals surface area contributed by atoms with E-state index in [1.54, 1.807) is 6.92 Å². The van der Waals surface area contributed by atoms with Crippen LogP contribution in [0.2, 0.25) is 0 Å². The van der Waals surface area contributed by atoms with Gasteiger partial charge in [-0.1, -0.05) is 0 Å². The van der Waals surface area contributed by atoms with E-state index in [0.29, 0.717) is 18.9 Å². The average molecular weight is 257 g/mol. The largest absolute Gasteiger partial charge is 0.464 e. The summed E-state index contributed by atoms with van der Waals surface area (Å²) in [5.74, 6) is -0.211. The van der Waals surface area contributed by atoms with Crippen molar-refractivity contribution in [3.05, 3.63) is 0 Å². The number of aliphatic hydroxyl groups excluding tert-OH is 1. The summed E-state index contributed by atoms with van der Waals surface area (Å²) in [5, 5.41) is 12.1. The zero-order valence-electron chi connectivity index (χ0n) is 11.1. The van der Waals surface area contributed by atoms with Crippen molar-refractivity contribution in [2.24, 2.45) is 5.92 Å². The summed E-state index contributed by atoms with van der Waals surface area (Å²) >= 11 is 0. The van der Waals surface area contributed by atoms with E-state index in [4.69, 9.17) is 4.74 Å². The summed E-state index contributed by atoms with van der Waals surface area (Å²) in [6.07, 6.45) is 3.75. The standard InChI is InChI=1S/C13H23NO4/c1-3-18-13(17)12(14-9(2)15)8-10-4-6-11(16)7-5-10/h10-12,16H,3-8H2,1-2H3,(H,14,15). The molecule has 0 saturated heterocycles. The van der Waals surface area contributed by atoms with E-state index in [2.05, 4.69) is 5.32 Å². The van der Waals surface area contributed by atoms with Gasteiger partial charge >= 0.3 is 5.97 Å². The molecule has 0 radical (unpaired) electrons. The minimum Gasteiger partial charge on any atom is -0.464 e. The molecule has 1 aliphatic carbocycles. The molecule has 2 N–H and O–H groups in total. The summed E-state index contributed by atoms with van der Waals surface area (Å²) < 4.78 is 4.96. The Morgan fingerprint density at radius 2 is 1.94 bits per heavy atom. The van der Waals surface area contributed by atoms with Crippen LogP contribution in [0.15, 0.2) is 0 Å². The van der Waals surface area contributed by atoms with Crippen molar-refractivity contribution >= 4 is 11.9 Å². The molecular weight excluding hydrogens is 234 g/mol. The summed E-state index contributed by atoms with van der Waals surface area (Å²) in [7, 11) is 0. The Hall–Kier alpha value is -1.10. The number of hydrogen-bond donors (Lipinski definition) is 2. The highest BCUT2D eigenvalue weighted by Gasteiger charge is 2.27. The molecule has 0 heterocycles. The van der Waals surface area contributed by atoms with E-state index in [1.807, 2.05) is 0 Å². The molecule has 1 amide bonds. The monoisotopic (exact) mass is 257 g/mol. The Kier molecular flexibility index (Phi) is 6.12. The molecule has 5 heteroatoms. The molecule has 1 unspecified atom stereocenters. The molecule has 1 atom stereocenters. The zero-order valence-corrected chi connectivity index (χ0v) is 11.1. The minimum atomic E-state index is -0.553. The third kappa shape index (κ3) is 5.04. The number of carbonyl (C=O) groups is 2. The first-order valence-corrected chi connectivity index (χ1v) is 6.64. The molecule has 104 valence electrons. The van der Waals surface area contributed by atoms with Crippen LogP contribution in [0, 0.1) is 5.92 Å². The normalized spacial score (nSPS) is 25.3. The summed E-state index contributed by atoms with van der Waals surface area (Å²) in [6.45, 7) is 3.47. The maximum absolute atomic E-state index is 11.7. The maximum Gasteiger partial charge on any atom is 0.328 e. The topological polar surface area (TPSA) is 75.6 Å². The van der Waals surface area contributed by atoms with Gasteiger partial charge < -0.3 is 15.2 Å². The van der Waals surface area contributed by atoms with E-state index >= 15 is 0 Å². The lowest BCUT2D eigenvalue weighted by molar-refractivity contribution is -0.147. The van der Waals surface area contributed by atoms with Crippen LogP contribution in [0.1, 0.15) is 46.0 Å². The lowest BCUT2D eigenvalue weighted by Crippen LogP contribution is -2.42. The zero-order chi connectivity index (χ0) is 13.5. The van der Waals surface area contributed by atoms with E-state index in [1.165, 1.54) is 6.92 Å². The van der Waals surface area contributed by atoms with Crippen molar-refractivity contribution < 1.29 is 19.4 Å². The fraction of sp³-hybridized carbons (Fsp3) is 0.846. The van der Waals surface area contributed by atoms with Crippen molar-refractivity contribution in [2.45, 2.75) is 58.1 Å². The van der Waals surface area contributed by atoms with Crippen molar-refractivity contribution in [1.29, 1.82) is 0 Å². The van der Waals surface area contributed by atoms with Gasteiger partial charge in [-0.25, -0.2) is 4.79 Å². The lowest BCUT2D eigenvalue weighted by Gasteiger charge is -2.28. The molecule has 0 spiro atoms. The van der Waals surface area contributed by atoms with Crippen molar-refractivity contribution in [1.82, 2.24) is 5.32 Å². The molecule has 0 bridgehead atoms. The van der Waals surface area contributed by atoms with Gasteiger partial charge in [0.1, 0.15) is 6.04 Å². The average Bonchev–Trinajstić information content (AvgIpc) is 2.31. The van der Waals surface area contributed by atoms with Gasteiger partial charge in [0.15, 0.2) is 0 Å². The van der Waals surface area contributed by atoms with E-state index in [9.17, 15) is 14.7 Å². The summed E-state index contributed by atoms with van der Waals surface area (Å²) in [5.41, 5.74) is 0. The molecule has 0 aromatic carbocycles. The van der Waals surface area contributed by atoms with E-state index in [0.717, 1.165) is 25.7 Å². The highest BCUT2D eigenvalue weighted by atomic mass is 16.5. The number of esters is 1. The Labute approximate surface area is 108 Å². The van der Waals surface area contributed by atoms with Crippen LogP contribution in [-0.4, -0.2) is 35.7 Å². The number of amides is 1. The SMILES string of the molecule is CCOC(=O)C(CC1CCC(O)CC1)NC(C)=O. The smallest absolute Gasteiger partial charge is 0.328 e. The Bertz CT molecular complexity index is 285. The molecule has 0 aliphatic heterocycles. The van der Waals surface area contributed by atoms with Gasteiger partial charge in [-0.2, -0.15) is 0 Å². The third-order valence-corrected chi connectivity index (χ3v) is 3.33. The first-order valence-electron chi connectivity index (χ1n) is 6.64. The van der Waals surface area contributed by atoms with Crippen molar-refractivity contribution in [3.8, 4) is 0 Å². The Morgan fingerprint density at radius 1 is 1.33 bits per heavy atom. The number of rotatable bonds is 5. The van der Waals surface area contributed by atoms with Gasteiger partial charge in [-0.05, 0) is 44.9 Å². The molecular formula is C13H23NO4. The van der Waals surface area contributed by atoms with Crippen LogP contribution in [0.4, 0.5) is 0 Å². The summed E-state index contributed by atoms with van der Waals surface area (Å²) in [6, 6.07) is -0.553. The Morgan fingerprint density at radius 3 is 2.44 bits per heavy atom. The van der Waals surface area contributed by atoms with Crippen molar-refractivity contribution in [3.63, 3.8) is 0 Å². The van der Waals surface area contributed by atoms with Gasteiger partial charge in [0.05, 0.1) is 12.7 Å². The van der Waals surface area contributed by atoms with Gasteiger partial charge in [-0.15, -0.1) is 0 Å². The predicted octanol–water partition coefficient (Wildman–Crippen LogP) is 0.995. The lowest BCUT2D eigenvalue weighted by atomic mass is 9.83. The predicted molar refractivity (Wildman–Crippen MR) is 66.8 cm³/mol. The van der Waals surface area contributed by atoms with Gasteiger partial charge in [0, 0.05) is 6.92 Å². The first-order chi connectivity index (χ1) is 8.52. The van der Waals surface area contributed by atoms with Crippen LogP contribution in [0.3, 0.4) is 0 Å². The maximum atomic E-state index is 11.7. The molecule has 1 fully saturated rings. The van der Waals surface area contributed by atoms with Gasteiger partial charge in [0.25, 0.3) is 0 Å². The van der Waals surface area contributed by atoms with Crippen LogP contribution >= 0.6 is 0 Å². The Balaban J connectivity index is 2.49. The highest BCUT2D eigenvalue weighted by molar-refractivity contribution is 5.83. The van der Waals surface area contributed by atoms with Crippen LogP contribution in [0.5, 0.6) is 0 Å². The molecule has 0 aromatic rings. The van der Waals surface area contributed by atoms with Crippen LogP contribution in [-0.2, 0) is 14.3 Å². The second-order valence-corrected chi connectivity index (χ2v) is 4.92. The van der Waals surface area contributed by atoms with E-state index in [-0.39, 0.29) is 18.0 Å². The fourth-order valence-electron chi connectivity index (χ4n) is 2.42. The number of hydrogen-bond acceptors (Lipinski definition) is 4. The molecule has 1 aliphatic rings. The molecule has 18 heavy (non-hydrogen) atoms. The van der Waals surface area contributed by atoms with Crippen molar-refractivity contribution in [2.75, 3.05) is 6.61 Å². The second-order valence-electron chi connectivity index (χ2n) is 4.92. The quantitative estimate of drug-likeness (QED) is 0.720. The number of carbonyl (C=O) groups excluding carboxylic acids is 2. The summed E-state index contributed by atoms with van der Waals surface area (Å²) in [4.78, 5) is 22.8. The van der Waals surface area contributed by atoms with Gasteiger partial charge in [0.2, 0.25) is 5.91 Å². The minimum absolute atomic E-state index is 0.206. The molecule has 1 saturated carbocycles. The number of ether oxygens (including phenoxy) is 1. The first kappa shape index (κ1) is 15.0. The molecule has 5 nitrogen and oxygen atoms in total. The highest BCUT2D eigenvalue weighted by Crippen LogP contribution is 2.28. The second kappa shape index (κ2) is 7.36. The number of aliphatic hydroxyl groups is 1. The molecule has 1 rings (SSSR count). The van der Waals surface area contributed by atoms with Crippen LogP contribution in [0.25, 0.3) is 0 Å². The fourth-order valence-corrected chi connectivity index (χ4v) is 2.42. The number of nitrogens with one attached hydrogen (secondary N) is 1.